The predicted octanol–water partition coefficient (Wildman–Crippen LogP) is 3.13. The highest BCUT2D eigenvalue weighted by Gasteiger charge is 2.33. The Hall–Kier alpha value is -1.84. The Labute approximate surface area is 147 Å². The molecular formula is C15H19F3N4O2S. The lowest BCUT2D eigenvalue weighted by Crippen LogP contribution is -2.47. The van der Waals surface area contributed by atoms with Gasteiger partial charge in [0.2, 0.25) is 5.91 Å². The molecule has 1 saturated carbocycles. The highest BCUT2D eigenvalue weighted by molar-refractivity contribution is 8.00. The SMILES string of the molecule is CC(Sc1nccc(C(F)(F)F)n1)C(=O)NC(=O)NC1CCCCC1. The highest BCUT2D eigenvalue weighted by Crippen LogP contribution is 2.29. The fourth-order valence-corrected chi connectivity index (χ4v) is 3.20. The van der Waals surface area contributed by atoms with Gasteiger partial charge in [0.25, 0.3) is 0 Å². The van der Waals surface area contributed by atoms with Gasteiger partial charge < -0.3 is 5.32 Å². The van der Waals surface area contributed by atoms with Crippen molar-refractivity contribution in [3.8, 4) is 0 Å². The number of thioether (sulfide) groups is 1. The fraction of sp³-hybridized carbons (Fsp3) is 0.600. The zero-order valence-electron chi connectivity index (χ0n) is 13.6. The van der Waals surface area contributed by atoms with Gasteiger partial charge in [-0.1, -0.05) is 31.0 Å². The monoisotopic (exact) mass is 376 g/mol. The second-order valence-electron chi connectivity index (χ2n) is 5.78. The average Bonchev–Trinajstić information content (AvgIpc) is 2.55. The van der Waals surface area contributed by atoms with Gasteiger partial charge in [0, 0.05) is 12.2 Å². The third-order valence-electron chi connectivity index (χ3n) is 3.75. The first-order chi connectivity index (χ1) is 11.8. The topological polar surface area (TPSA) is 84.0 Å². The first kappa shape index (κ1) is 19.5. The predicted molar refractivity (Wildman–Crippen MR) is 85.9 cm³/mol. The molecule has 1 fully saturated rings. The molecule has 25 heavy (non-hydrogen) atoms. The third kappa shape index (κ3) is 6.18. The molecular weight excluding hydrogens is 357 g/mol. The fourth-order valence-electron chi connectivity index (χ4n) is 2.45. The first-order valence-corrected chi connectivity index (χ1v) is 8.82. The van der Waals surface area contributed by atoms with Crippen LogP contribution in [0.2, 0.25) is 0 Å². The summed E-state index contributed by atoms with van der Waals surface area (Å²) in [7, 11) is 0. The van der Waals surface area contributed by atoms with Crippen molar-refractivity contribution in [1.82, 2.24) is 20.6 Å². The number of nitrogens with zero attached hydrogens (tertiary/aromatic N) is 2. The number of halogens is 3. The van der Waals surface area contributed by atoms with Crippen LogP contribution in [0.1, 0.15) is 44.7 Å². The Morgan fingerprint density at radius 1 is 1.28 bits per heavy atom. The molecule has 2 rings (SSSR count). The summed E-state index contributed by atoms with van der Waals surface area (Å²) < 4.78 is 37.9. The van der Waals surface area contributed by atoms with Crippen LogP contribution in [0.25, 0.3) is 0 Å². The zero-order valence-corrected chi connectivity index (χ0v) is 14.4. The first-order valence-electron chi connectivity index (χ1n) is 7.94. The molecule has 1 aliphatic rings. The van der Waals surface area contributed by atoms with Gasteiger partial charge in [0.05, 0.1) is 5.25 Å². The molecule has 138 valence electrons. The maximum absolute atomic E-state index is 12.6. The molecule has 1 aromatic rings. The molecule has 1 unspecified atom stereocenters. The Balaban J connectivity index is 1.86. The summed E-state index contributed by atoms with van der Waals surface area (Å²) in [5.41, 5.74) is -1.08. The normalized spacial score (nSPS) is 17.0. The third-order valence-corrected chi connectivity index (χ3v) is 4.73. The van der Waals surface area contributed by atoms with E-state index in [4.69, 9.17) is 0 Å². The molecule has 1 atom stereocenters. The van der Waals surface area contributed by atoms with Crippen LogP contribution in [0.5, 0.6) is 0 Å². The van der Waals surface area contributed by atoms with Gasteiger partial charge in [-0.2, -0.15) is 13.2 Å². The smallest absolute Gasteiger partial charge is 0.335 e. The van der Waals surface area contributed by atoms with E-state index in [1.54, 1.807) is 0 Å². The molecule has 0 bridgehead atoms. The van der Waals surface area contributed by atoms with Crippen molar-refractivity contribution >= 4 is 23.7 Å². The molecule has 1 aromatic heterocycles. The van der Waals surface area contributed by atoms with Gasteiger partial charge in [0.15, 0.2) is 5.16 Å². The number of aromatic nitrogens is 2. The summed E-state index contributed by atoms with van der Waals surface area (Å²) >= 11 is 0.756. The number of nitrogens with one attached hydrogen (secondary N) is 2. The lowest BCUT2D eigenvalue weighted by molar-refractivity contribution is -0.141. The van der Waals surface area contributed by atoms with Crippen LogP contribution in [0.15, 0.2) is 17.4 Å². The molecule has 0 aliphatic heterocycles. The molecule has 2 N–H and O–H groups in total. The number of hydrogen-bond acceptors (Lipinski definition) is 5. The summed E-state index contributed by atoms with van der Waals surface area (Å²) in [6.45, 7) is 1.47. The molecule has 1 aliphatic carbocycles. The number of carbonyl (C=O) groups excluding carboxylic acids is 2. The Morgan fingerprint density at radius 3 is 2.60 bits per heavy atom. The highest BCUT2D eigenvalue weighted by atomic mass is 32.2. The van der Waals surface area contributed by atoms with Crippen molar-refractivity contribution < 1.29 is 22.8 Å². The summed E-state index contributed by atoms with van der Waals surface area (Å²) in [6.07, 6.45) is 1.38. The Kier molecular flexibility index (Phi) is 6.63. The van der Waals surface area contributed by atoms with Crippen molar-refractivity contribution in [3.05, 3.63) is 18.0 Å². The van der Waals surface area contributed by atoms with E-state index in [1.807, 2.05) is 0 Å². The summed E-state index contributed by atoms with van der Waals surface area (Å²) in [5, 5.41) is 3.95. The van der Waals surface area contributed by atoms with Crippen LogP contribution < -0.4 is 10.6 Å². The largest absolute Gasteiger partial charge is 0.433 e. The van der Waals surface area contributed by atoms with Crippen LogP contribution in [-0.2, 0) is 11.0 Å². The lowest BCUT2D eigenvalue weighted by atomic mass is 9.96. The van der Waals surface area contributed by atoms with Crippen molar-refractivity contribution in [2.24, 2.45) is 0 Å². The van der Waals surface area contributed by atoms with Crippen LogP contribution in [0.4, 0.5) is 18.0 Å². The van der Waals surface area contributed by atoms with E-state index in [9.17, 15) is 22.8 Å². The van der Waals surface area contributed by atoms with E-state index in [0.717, 1.165) is 56.1 Å². The van der Waals surface area contributed by atoms with E-state index in [2.05, 4.69) is 20.6 Å². The van der Waals surface area contributed by atoms with Gasteiger partial charge >= 0.3 is 12.2 Å². The van der Waals surface area contributed by atoms with Gasteiger partial charge in [-0.25, -0.2) is 14.8 Å². The second-order valence-corrected chi connectivity index (χ2v) is 7.09. The molecule has 0 saturated heterocycles. The van der Waals surface area contributed by atoms with Crippen LogP contribution in [0.3, 0.4) is 0 Å². The average molecular weight is 376 g/mol. The van der Waals surface area contributed by atoms with E-state index in [0.29, 0.717) is 0 Å². The van der Waals surface area contributed by atoms with Crippen LogP contribution in [0, 0.1) is 0 Å². The van der Waals surface area contributed by atoms with Crippen molar-refractivity contribution in [1.29, 1.82) is 0 Å². The van der Waals surface area contributed by atoms with Gasteiger partial charge in [0.1, 0.15) is 5.69 Å². The quantitative estimate of drug-likeness (QED) is 0.623. The molecule has 6 nitrogen and oxygen atoms in total. The molecule has 1 heterocycles. The van der Waals surface area contributed by atoms with E-state index in [1.165, 1.54) is 6.92 Å². The van der Waals surface area contributed by atoms with Crippen molar-refractivity contribution in [3.63, 3.8) is 0 Å². The number of hydrogen-bond donors (Lipinski definition) is 2. The minimum atomic E-state index is -4.58. The molecule has 0 radical (unpaired) electrons. The summed E-state index contributed by atoms with van der Waals surface area (Å²) in [6, 6.07) is 0.220. The lowest BCUT2D eigenvalue weighted by Gasteiger charge is -2.23. The second kappa shape index (κ2) is 8.50. The number of rotatable bonds is 4. The van der Waals surface area contributed by atoms with Crippen LogP contribution >= 0.6 is 11.8 Å². The Bertz CT molecular complexity index is 621. The maximum Gasteiger partial charge on any atom is 0.433 e. The minimum absolute atomic E-state index is 0.0521. The zero-order chi connectivity index (χ0) is 18.4. The standard InChI is InChI=1S/C15H19F3N4O2S/c1-9(25-14-19-8-7-11(21-14)15(16,17)18)12(23)22-13(24)20-10-5-3-2-4-6-10/h7-10H,2-6H2,1H3,(H2,20,22,23,24). The van der Waals surface area contributed by atoms with Crippen LogP contribution in [-0.4, -0.2) is 33.2 Å². The minimum Gasteiger partial charge on any atom is -0.335 e. The van der Waals surface area contributed by atoms with E-state index < -0.39 is 29.1 Å². The number of amides is 3. The van der Waals surface area contributed by atoms with Crippen molar-refractivity contribution in [2.75, 3.05) is 0 Å². The van der Waals surface area contributed by atoms with Gasteiger partial charge in [-0.15, -0.1) is 0 Å². The van der Waals surface area contributed by atoms with Gasteiger partial charge in [-0.05, 0) is 25.8 Å². The molecule has 0 spiro atoms. The molecule has 0 aromatic carbocycles. The molecule has 10 heteroatoms. The molecule has 3 amide bonds. The van der Waals surface area contributed by atoms with Crippen molar-refractivity contribution in [2.45, 2.75) is 61.7 Å². The number of imide groups is 1. The Morgan fingerprint density at radius 2 is 1.96 bits per heavy atom. The number of alkyl halides is 3. The maximum atomic E-state index is 12.6. The number of urea groups is 1. The van der Waals surface area contributed by atoms with E-state index in [-0.39, 0.29) is 11.2 Å². The summed E-state index contributed by atoms with van der Waals surface area (Å²) in [5.74, 6) is -0.612. The van der Waals surface area contributed by atoms with Gasteiger partial charge in [-0.3, -0.25) is 10.1 Å². The number of carbonyl (C=O) groups is 2. The van der Waals surface area contributed by atoms with E-state index >= 15 is 0 Å². The summed E-state index contributed by atoms with van der Waals surface area (Å²) in [4.78, 5) is 30.9.